The predicted molar refractivity (Wildman–Crippen MR) is 80.4 cm³/mol. The summed E-state index contributed by atoms with van der Waals surface area (Å²) >= 11 is 0. The number of aromatic nitrogens is 2. The van der Waals surface area contributed by atoms with Gasteiger partial charge in [0.05, 0.1) is 6.61 Å². The van der Waals surface area contributed by atoms with Crippen LogP contribution in [0.5, 0.6) is 0 Å². The SMILES string of the molecule is Cc1ccc(-c2nc3ccc(CO)cn3c2N)cc1C. The highest BCUT2D eigenvalue weighted by Crippen LogP contribution is 2.28. The molecule has 3 rings (SSSR count). The number of benzene rings is 1. The summed E-state index contributed by atoms with van der Waals surface area (Å²) in [7, 11) is 0. The van der Waals surface area contributed by atoms with E-state index in [4.69, 9.17) is 5.73 Å². The molecule has 0 aliphatic heterocycles. The molecule has 0 aliphatic rings. The van der Waals surface area contributed by atoms with Crippen molar-refractivity contribution in [3.8, 4) is 11.3 Å². The Kier molecular flexibility index (Phi) is 2.95. The number of aliphatic hydroxyl groups excluding tert-OH is 1. The van der Waals surface area contributed by atoms with Crippen LogP contribution in [0.3, 0.4) is 0 Å². The van der Waals surface area contributed by atoms with Crippen LogP contribution < -0.4 is 5.73 Å². The number of aliphatic hydroxyl groups is 1. The molecule has 1 aromatic carbocycles. The molecule has 0 radical (unpaired) electrons. The number of nitrogens with zero attached hydrogens (tertiary/aromatic N) is 2. The maximum Gasteiger partial charge on any atom is 0.139 e. The van der Waals surface area contributed by atoms with Crippen LogP contribution >= 0.6 is 0 Å². The van der Waals surface area contributed by atoms with Gasteiger partial charge in [-0.05, 0) is 42.7 Å². The Morgan fingerprint density at radius 1 is 1.15 bits per heavy atom. The number of pyridine rings is 1. The van der Waals surface area contributed by atoms with E-state index in [0.717, 1.165) is 22.5 Å². The molecule has 0 amide bonds. The number of rotatable bonds is 2. The Hall–Kier alpha value is -2.33. The van der Waals surface area contributed by atoms with Crippen molar-refractivity contribution in [3.05, 3.63) is 53.2 Å². The Balaban J connectivity index is 2.21. The number of nitrogens with two attached hydrogens (primary N) is 1. The lowest BCUT2D eigenvalue weighted by molar-refractivity contribution is 0.281. The highest BCUT2D eigenvalue weighted by atomic mass is 16.3. The van der Waals surface area contributed by atoms with Crippen molar-refractivity contribution < 1.29 is 5.11 Å². The quantitative estimate of drug-likeness (QED) is 0.750. The van der Waals surface area contributed by atoms with Crippen LogP contribution in [0, 0.1) is 13.8 Å². The molecule has 4 heteroatoms. The van der Waals surface area contributed by atoms with Crippen LogP contribution in [-0.2, 0) is 6.61 Å². The largest absolute Gasteiger partial charge is 0.392 e. The molecule has 3 N–H and O–H groups in total. The summed E-state index contributed by atoms with van der Waals surface area (Å²) in [6.45, 7) is 4.15. The Labute approximate surface area is 117 Å². The fourth-order valence-electron chi connectivity index (χ4n) is 2.30. The number of hydrogen-bond donors (Lipinski definition) is 2. The van der Waals surface area contributed by atoms with Crippen molar-refractivity contribution in [1.29, 1.82) is 0 Å². The molecule has 0 unspecified atom stereocenters. The average molecular weight is 267 g/mol. The molecule has 0 atom stereocenters. The molecule has 0 aliphatic carbocycles. The normalized spacial score (nSPS) is 11.2. The molecule has 4 nitrogen and oxygen atoms in total. The van der Waals surface area contributed by atoms with Gasteiger partial charge >= 0.3 is 0 Å². The molecular formula is C16H17N3O. The monoisotopic (exact) mass is 267 g/mol. The van der Waals surface area contributed by atoms with Gasteiger partial charge in [0.15, 0.2) is 0 Å². The maximum absolute atomic E-state index is 9.20. The summed E-state index contributed by atoms with van der Waals surface area (Å²) in [6, 6.07) is 9.93. The van der Waals surface area contributed by atoms with Crippen LogP contribution in [0.15, 0.2) is 36.5 Å². The van der Waals surface area contributed by atoms with Gasteiger partial charge in [-0.2, -0.15) is 0 Å². The van der Waals surface area contributed by atoms with Gasteiger partial charge < -0.3 is 10.8 Å². The van der Waals surface area contributed by atoms with Crippen molar-refractivity contribution in [2.75, 3.05) is 5.73 Å². The van der Waals surface area contributed by atoms with E-state index in [1.54, 1.807) is 0 Å². The third-order valence-electron chi connectivity index (χ3n) is 3.68. The molecule has 20 heavy (non-hydrogen) atoms. The number of imidazole rings is 1. The van der Waals surface area contributed by atoms with Gasteiger partial charge in [0, 0.05) is 11.8 Å². The minimum Gasteiger partial charge on any atom is -0.392 e. The summed E-state index contributed by atoms with van der Waals surface area (Å²) in [4.78, 5) is 4.59. The van der Waals surface area contributed by atoms with Gasteiger partial charge in [0.1, 0.15) is 17.2 Å². The minimum atomic E-state index is -0.00741. The number of aryl methyl sites for hydroxylation is 2. The highest BCUT2D eigenvalue weighted by Gasteiger charge is 2.12. The second kappa shape index (κ2) is 4.65. The van der Waals surface area contributed by atoms with E-state index in [1.807, 2.05) is 28.8 Å². The molecule has 0 fully saturated rings. The van der Waals surface area contributed by atoms with Crippen molar-refractivity contribution in [1.82, 2.24) is 9.38 Å². The molecule has 2 heterocycles. The van der Waals surface area contributed by atoms with Gasteiger partial charge in [-0.15, -0.1) is 0 Å². The molecule has 0 saturated heterocycles. The van der Waals surface area contributed by atoms with Crippen molar-refractivity contribution in [2.24, 2.45) is 0 Å². The van der Waals surface area contributed by atoms with E-state index in [9.17, 15) is 5.11 Å². The first-order valence-electron chi connectivity index (χ1n) is 6.55. The van der Waals surface area contributed by atoms with E-state index in [1.165, 1.54) is 11.1 Å². The smallest absolute Gasteiger partial charge is 0.139 e. The highest BCUT2D eigenvalue weighted by molar-refractivity contribution is 5.75. The lowest BCUT2D eigenvalue weighted by Gasteiger charge is -2.04. The lowest BCUT2D eigenvalue weighted by atomic mass is 10.0. The molecule has 2 aromatic heterocycles. The first kappa shape index (κ1) is 12.7. The summed E-state index contributed by atoms with van der Waals surface area (Å²) in [5.74, 6) is 0.596. The second-order valence-electron chi connectivity index (χ2n) is 5.07. The van der Waals surface area contributed by atoms with Gasteiger partial charge in [-0.3, -0.25) is 4.40 Å². The lowest BCUT2D eigenvalue weighted by Crippen LogP contribution is -1.96. The van der Waals surface area contributed by atoms with Crippen molar-refractivity contribution >= 4 is 11.5 Å². The number of hydrogen-bond acceptors (Lipinski definition) is 3. The third-order valence-corrected chi connectivity index (χ3v) is 3.68. The van der Waals surface area contributed by atoms with Gasteiger partial charge in [0.25, 0.3) is 0 Å². The molecule has 0 saturated carbocycles. The standard InChI is InChI=1S/C16H17N3O/c1-10-3-5-13(7-11(10)2)15-16(17)19-8-12(9-20)4-6-14(19)18-15/h3-8,20H,9,17H2,1-2H3. The zero-order chi connectivity index (χ0) is 14.3. The van der Waals surface area contributed by atoms with Gasteiger partial charge in [-0.25, -0.2) is 4.98 Å². The topological polar surface area (TPSA) is 63.5 Å². The van der Waals surface area contributed by atoms with E-state index in [0.29, 0.717) is 5.82 Å². The summed E-state index contributed by atoms with van der Waals surface area (Å²) < 4.78 is 1.82. The van der Waals surface area contributed by atoms with E-state index in [-0.39, 0.29) is 6.61 Å². The first-order chi connectivity index (χ1) is 9.60. The van der Waals surface area contributed by atoms with Crippen molar-refractivity contribution in [3.63, 3.8) is 0 Å². The number of anilines is 1. The zero-order valence-electron chi connectivity index (χ0n) is 11.6. The Morgan fingerprint density at radius 3 is 2.65 bits per heavy atom. The zero-order valence-corrected chi connectivity index (χ0v) is 11.6. The van der Waals surface area contributed by atoms with Crippen LogP contribution in [0.2, 0.25) is 0 Å². The van der Waals surface area contributed by atoms with Crippen LogP contribution in [0.1, 0.15) is 16.7 Å². The number of nitrogen functional groups attached to an aromatic ring is 1. The summed E-state index contributed by atoms with van der Waals surface area (Å²) in [6.07, 6.45) is 1.82. The van der Waals surface area contributed by atoms with Crippen molar-refractivity contribution in [2.45, 2.75) is 20.5 Å². The van der Waals surface area contributed by atoms with Crippen LogP contribution in [0.4, 0.5) is 5.82 Å². The van der Waals surface area contributed by atoms with Gasteiger partial charge in [0.2, 0.25) is 0 Å². The van der Waals surface area contributed by atoms with E-state index < -0.39 is 0 Å². The molecular weight excluding hydrogens is 250 g/mol. The molecule has 3 aromatic rings. The molecule has 0 bridgehead atoms. The minimum absolute atomic E-state index is 0.00741. The molecule has 0 spiro atoms. The third kappa shape index (κ3) is 1.94. The van der Waals surface area contributed by atoms with Crippen LogP contribution in [0.25, 0.3) is 16.9 Å². The summed E-state index contributed by atoms with van der Waals surface area (Å²) in [5.41, 5.74) is 12.1. The Bertz CT molecular complexity index is 790. The fraction of sp³-hybridized carbons (Fsp3) is 0.188. The maximum atomic E-state index is 9.20. The second-order valence-corrected chi connectivity index (χ2v) is 5.07. The summed E-state index contributed by atoms with van der Waals surface area (Å²) in [5, 5.41) is 9.20. The molecule has 102 valence electrons. The van der Waals surface area contributed by atoms with E-state index >= 15 is 0 Å². The number of fused-ring (bicyclic) bond motifs is 1. The average Bonchev–Trinajstić information content (AvgIpc) is 2.79. The first-order valence-corrected chi connectivity index (χ1v) is 6.55. The van der Waals surface area contributed by atoms with E-state index in [2.05, 4.69) is 31.0 Å². The predicted octanol–water partition coefficient (Wildman–Crippen LogP) is 2.69. The van der Waals surface area contributed by atoms with Crippen LogP contribution in [-0.4, -0.2) is 14.5 Å². The Morgan fingerprint density at radius 2 is 1.95 bits per heavy atom. The fourth-order valence-corrected chi connectivity index (χ4v) is 2.30. The van der Waals surface area contributed by atoms with Gasteiger partial charge in [-0.1, -0.05) is 18.2 Å².